The Hall–Kier alpha value is -3.24. The molecule has 0 saturated carbocycles. The topological polar surface area (TPSA) is 0 Å². The number of rotatable bonds is 6. The van der Waals surface area contributed by atoms with E-state index in [0.29, 0.717) is 0 Å². The maximum absolute atomic E-state index is 2.23. The number of hydrogen-bond acceptors (Lipinski definition) is 0. The average molecular weight is 599 g/mol. The van der Waals surface area contributed by atoms with Gasteiger partial charge in [0, 0.05) is 0 Å². The molecule has 0 aliphatic heterocycles. The van der Waals surface area contributed by atoms with Crippen LogP contribution in [0.25, 0.3) is 0 Å². The summed E-state index contributed by atoms with van der Waals surface area (Å²) in [5.41, 5.74) is 0. The average Bonchev–Trinajstić information content (AvgIpc) is 3.01. The molecule has 4 heteroatoms. The molecule has 6 aromatic rings. The van der Waals surface area contributed by atoms with E-state index in [1.54, 1.807) is 0 Å². The van der Waals surface area contributed by atoms with Crippen LogP contribution >= 0.6 is 15.8 Å². The van der Waals surface area contributed by atoms with Crippen molar-refractivity contribution in [2.75, 3.05) is 0 Å². The third-order valence-corrected chi connectivity index (χ3v) is 11.0. The first kappa shape index (κ1) is 31.3. The van der Waals surface area contributed by atoms with E-state index in [1.165, 1.54) is 31.8 Å². The van der Waals surface area contributed by atoms with E-state index in [4.69, 9.17) is 0 Å². The summed E-state index contributed by atoms with van der Waals surface area (Å²) in [7, 11) is -0.892. The molecular weight excluding hydrogens is 569 g/mol. The summed E-state index contributed by atoms with van der Waals surface area (Å²) < 4.78 is 0. The van der Waals surface area contributed by atoms with Gasteiger partial charge in [0.15, 0.2) is 0 Å². The first-order valence-corrected chi connectivity index (χ1v) is 15.5. The predicted octanol–water partition coefficient (Wildman–Crippen LogP) is 6.51. The summed E-state index contributed by atoms with van der Waals surface area (Å²) in [6.45, 7) is 0. The van der Waals surface area contributed by atoms with Gasteiger partial charge in [-0.25, -0.2) is 0 Å². The summed E-state index contributed by atoms with van der Waals surface area (Å²) >= 11 is 0. The molecule has 0 aliphatic carbocycles. The standard InChI is InChI=1S/2C18H15P.B.Cu/c2*1-4-10-16(11-5-1)19(17-12-6-2-7-13-17)18-14-8-3-9-15-18;;/h2*1-15H;;/q;;-1;+1. The second-order valence-electron chi connectivity index (χ2n) is 8.68. The molecule has 0 spiro atoms. The molecule has 0 heterocycles. The minimum Gasteiger partial charge on any atom is -1.00 e. The van der Waals surface area contributed by atoms with Crippen LogP contribution in [0, 0.1) is 0 Å². The van der Waals surface area contributed by atoms with Crippen molar-refractivity contribution in [3.05, 3.63) is 182 Å². The van der Waals surface area contributed by atoms with Crippen molar-refractivity contribution in [1.82, 2.24) is 0 Å². The zero-order valence-electron chi connectivity index (χ0n) is 22.1. The van der Waals surface area contributed by atoms with E-state index < -0.39 is 15.8 Å². The molecule has 6 aromatic carbocycles. The minimum atomic E-state index is -0.446. The molecule has 0 aromatic heterocycles. The summed E-state index contributed by atoms with van der Waals surface area (Å²) in [5.74, 6) is 0. The molecule has 40 heavy (non-hydrogen) atoms. The molecule has 0 N–H and O–H groups in total. The fourth-order valence-corrected chi connectivity index (χ4v) is 8.97. The van der Waals surface area contributed by atoms with Crippen molar-refractivity contribution in [2.45, 2.75) is 0 Å². The van der Waals surface area contributed by atoms with Crippen molar-refractivity contribution in [2.24, 2.45) is 0 Å². The van der Waals surface area contributed by atoms with Gasteiger partial charge in [0.05, 0.1) is 0 Å². The van der Waals surface area contributed by atoms with Crippen LogP contribution in [0.15, 0.2) is 182 Å². The maximum atomic E-state index is 2.23. The van der Waals surface area contributed by atoms with Crippen molar-refractivity contribution in [3.8, 4) is 0 Å². The van der Waals surface area contributed by atoms with Gasteiger partial charge in [-0.3, -0.25) is 0 Å². The summed E-state index contributed by atoms with van der Waals surface area (Å²) in [6.07, 6.45) is 0. The second-order valence-corrected chi connectivity index (χ2v) is 13.1. The molecule has 0 unspecified atom stereocenters. The van der Waals surface area contributed by atoms with Crippen molar-refractivity contribution in [1.29, 1.82) is 0 Å². The van der Waals surface area contributed by atoms with Gasteiger partial charge < -0.3 is 8.41 Å². The molecule has 0 atom stereocenters. The molecule has 6 rings (SSSR count). The second kappa shape index (κ2) is 16.8. The maximum Gasteiger partial charge on any atom is 1.00 e. The van der Waals surface area contributed by atoms with Crippen LogP contribution in [0.1, 0.15) is 0 Å². The molecule has 0 bridgehead atoms. The van der Waals surface area contributed by atoms with Crippen molar-refractivity contribution in [3.63, 3.8) is 0 Å². The zero-order valence-corrected chi connectivity index (χ0v) is 24.8. The Morgan fingerprint density at radius 2 is 0.350 bits per heavy atom. The fourth-order valence-electron chi connectivity index (χ4n) is 4.36. The largest absolute Gasteiger partial charge is 1.00 e. The van der Waals surface area contributed by atoms with Crippen LogP contribution in [0.2, 0.25) is 0 Å². The van der Waals surface area contributed by atoms with E-state index in [9.17, 15) is 0 Å². The SMILES string of the molecule is [B-].[Cu+].c1ccc(P(c2ccccc2)c2ccccc2)cc1.c1ccc(P(c2ccccc2)c2ccccc2)cc1. The Labute approximate surface area is 254 Å². The molecule has 0 fully saturated rings. The predicted molar refractivity (Wildman–Crippen MR) is 176 cm³/mol. The molecule has 0 aliphatic rings. The van der Waals surface area contributed by atoms with Gasteiger partial charge in [-0.1, -0.05) is 182 Å². The Bertz CT molecular complexity index is 1180. The Kier molecular flexibility index (Phi) is 13.1. The van der Waals surface area contributed by atoms with Gasteiger partial charge >= 0.3 is 17.1 Å². The van der Waals surface area contributed by atoms with Crippen LogP contribution < -0.4 is 31.8 Å². The van der Waals surface area contributed by atoms with Crippen LogP contribution in [-0.2, 0) is 17.1 Å². The van der Waals surface area contributed by atoms with Crippen LogP contribution in [-0.4, -0.2) is 8.41 Å². The molecular formula is C36H30BCuP2. The van der Waals surface area contributed by atoms with Crippen molar-refractivity contribution >= 4 is 56.1 Å². The first-order chi connectivity index (χ1) is 18.9. The summed E-state index contributed by atoms with van der Waals surface area (Å²) in [5, 5.41) is 8.39. The van der Waals surface area contributed by atoms with Gasteiger partial charge in [-0.15, -0.1) is 0 Å². The zero-order chi connectivity index (χ0) is 25.8. The molecule has 4 radical (unpaired) electrons. The Balaban J connectivity index is 0.000000210. The van der Waals surface area contributed by atoms with Gasteiger partial charge in [-0.2, -0.15) is 0 Å². The van der Waals surface area contributed by atoms with Crippen molar-refractivity contribution < 1.29 is 17.1 Å². The fraction of sp³-hybridized carbons (Fsp3) is 0. The summed E-state index contributed by atoms with van der Waals surface area (Å²) in [4.78, 5) is 0. The smallest absolute Gasteiger partial charge is 1.00 e. The Morgan fingerprint density at radius 1 is 0.225 bits per heavy atom. The van der Waals surface area contributed by atoms with E-state index >= 15 is 0 Å². The van der Waals surface area contributed by atoms with E-state index in [-0.39, 0.29) is 25.5 Å². The third-order valence-electron chi connectivity index (χ3n) is 6.09. The van der Waals surface area contributed by atoms with E-state index in [1.807, 2.05) is 0 Å². The third kappa shape index (κ3) is 8.38. The van der Waals surface area contributed by atoms with Gasteiger partial charge in [-0.05, 0) is 47.7 Å². The number of benzene rings is 6. The van der Waals surface area contributed by atoms with E-state index in [0.717, 1.165) is 0 Å². The van der Waals surface area contributed by atoms with Gasteiger partial charge in [0.1, 0.15) is 0 Å². The van der Waals surface area contributed by atoms with E-state index in [2.05, 4.69) is 182 Å². The van der Waals surface area contributed by atoms with Crippen LogP contribution in [0.5, 0.6) is 0 Å². The first-order valence-electron chi connectivity index (χ1n) is 12.8. The number of hydrogen-bond donors (Lipinski definition) is 0. The van der Waals surface area contributed by atoms with Crippen LogP contribution in [0.3, 0.4) is 0 Å². The molecule has 0 amide bonds. The molecule has 0 nitrogen and oxygen atoms in total. The van der Waals surface area contributed by atoms with Crippen LogP contribution in [0.4, 0.5) is 0 Å². The quantitative estimate of drug-likeness (QED) is 0.152. The summed E-state index contributed by atoms with van der Waals surface area (Å²) in [6, 6.07) is 64.7. The van der Waals surface area contributed by atoms with Gasteiger partial charge in [0.25, 0.3) is 0 Å². The van der Waals surface area contributed by atoms with Gasteiger partial charge in [0.2, 0.25) is 0 Å². The Morgan fingerprint density at radius 3 is 0.475 bits per heavy atom. The molecule has 0 saturated heterocycles. The minimum absolute atomic E-state index is 0. The normalized spacial score (nSPS) is 10.1. The molecule has 198 valence electrons. The monoisotopic (exact) mass is 598 g/mol.